The Morgan fingerprint density at radius 2 is 2.31 bits per heavy atom. The van der Waals surface area contributed by atoms with Gasteiger partial charge >= 0.3 is 0 Å². The van der Waals surface area contributed by atoms with E-state index in [1.54, 1.807) is 28.8 Å². The Kier molecular flexibility index (Phi) is 2.80. The van der Waals surface area contributed by atoms with Gasteiger partial charge < -0.3 is 4.57 Å². The Balaban J connectivity index is 2.17. The molecule has 0 bridgehead atoms. The fraction of sp³-hybridized carbons (Fsp3) is 0.400. The third-order valence-electron chi connectivity index (χ3n) is 2.42. The molecule has 0 amide bonds. The van der Waals surface area contributed by atoms with Crippen molar-refractivity contribution in [3.05, 3.63) is 30.4 Å². The van der Waals surface area contributed by atoms with Crippen molar-refractivity contribution in [2.75, 3.05) is 0 Å². The van der Waals surface area contributed by atoms with Gasteiger partial charge in [-0.3, -0.25) is 4.79 Å². The minimum Gasteiger partial charge on any atom is -0.331 e. The second-order valence-corrected chi connectivity index (χ2v) is 3.48. The average molecular weight is 219 g/mol. The second-order valence-electron chi connectivity index (χ2n) is 3.48. The maximum atomic E-state index is 11.9. The predicted octanol–water partition coefficient (Wildman–Crippen LogP) is 0.457. The predicted molar refractivity (Wildman–Crippen MR) is 56.9 cm³/mol. The standard InChI is InChI=1S/C10H13N5O/c1-3-15-10(12-6-13-15)4-9(16)8-5-11-7-14(8)2/h5-7H,3-4H2,1-2H3. The zero-order chi connectivity index (χ0) is 11.5. The number of hydrogen-bond acceptors (Lipinski definition) is 4. The largest absolute Gasteiger partial charge is 0.331 e. The summed E-state index contributed by atoms with van der Waals surface area (Å²) >= 11 is 0. The molecule has 0 aliphatic carbocycles. The molecule has 84 valence electrons. The zero-order valence-corrected chi connectivity index (χ0v) is 9.29. The van der Waals surface area contributed by atoms with Crippen LogP contribution in [0, 0.1) is 0 Å². The first-order valence-electron chi connectivity index (χ1n) is 5.08. The van der Waals surface area contributed by atoms with E-state index in [1.807, 2.05) is 6.92 Å². The molecule has 6 nitrogen and oxygen atoms in total. The lowest BCUT2D eigenvalue weighted by atomic mass is 10.2. The van der Waals surface area contributed by atoms with Gasteiger partial charge in [0.25, 0.3) is 0 Å². The lowest BCUT2D eigenvalue weighted by Crippen LogP contribution is -2.13. The molecular formula is C10H13N5O. The fourth-order valence-corrected chi connectivity index (χ4v) is 1.55. The van der Waals surface area contributed by atoms with Crippen molar-refractivity contribution in [2.45, 2.75) is 19.9 Å². The summed E-state index contributed by atoms with van der Waals surface area (Å²) in [6.07, 6.45) is 4.90. The molecule has 0 aliphatic heterocycles. The van der Waals surface area contributed by atoms with Gasteiger partial charge in [-0.1, -0.05) is 0 Å². The molecule has 0 aliphatic rings. The number of hydrogen-bond donors (Lipinski definition) is 0. The van der Waals surface area contributed by atoms with E-state index in [2.05, 4.69) is 15.1 Å². The summed E-state index contributed by atoms with van der Waals surface area (Å²) in [5.41, 5.74) is 0.589. The number of ketones is 1. The van der Waals surface area contributed by atoms with Crippen molar-refractivity contribution in [1.82, 2.24) is 24.3 Å². The molecule has 2 heterocycles. The molecule has 0 saturated carbocycles. The number of nitrogens with zero attached hydrogens (tertiary/aromatic N) is 5. The minimum atomic E-state index is 0.00250. The monoisotopic (exact) mass is 219 g/mol. The summed E-state index contributed by atoms with van der Waals surface area (Å²) in [5, 5.41) is 4.02. The molecular weight excluding hydrogens is 206 g/mol. The molecule has 0 fully saturated rings. The van der Waals surface area contributed by atoms with Crippen LogP contribution in [0.3, 0.4) is 0 Å². The molecule has 0 saturated heterocycles. The van der Waals surface area contributed by atoms with Gasteiger partial charge in [0.05, 0.1) is 18.9 Å². The van der Waals surface area contributed by atoms with Crippen LogP contribution >= 0.6 is 0 Å². The maximum absolute atomic E-state index is 11.9. The van der Waals surface area contributed by atoms with Crippen molar-refractivity contribution < 1.29 is 4.79 Å². The number of aromatic nitrogens is 5. The number of imidazole rings is 1. The van der Waals surface area contributed by atoms with Crippen LogP contribution in [-0.4, -0.2) is 30.1 Å². The highest BCUT2D eigenvalue weighted by molar-refractivity contribution is 5.95. The van der Waals surface area contributed by atoms with Gasteiger partial charge in [-0.15, -0.1) is 0 Å². The number of aryl methyl sites for hydroxylation is 2. The highest BCUT2D eigenvalue weighted by Crippen LogP contribution is 2.04. The van der Waals surface area contributed by atoms with Crippen molar-refractivity contribution in [2.24, 2.45) is 7.05 Å². The fourth-order valence-electron chi connectivity index (χ4n) is 1.55. The van der Waals surface area contributed by atoms with E-state index in [0.29, 0.717) is 18.1 Å². The van der Waals surface area contributed by atoms with Gasteiger partial charge in [-0.05, 0) is 6.92 Å². The minimum absolute atomic E-state index is 0.00250. The van der Waals surface area contributed by atoms with E-state index >= 15 is 0 Å². The highest BCUT2D eigenvalue weighted by Gasteiger charge is 2.14. The third kappa shape index (κ3) is 1.86. The van der Waals surface area contributed by atoms with E-state index in [9.17, 15) is 4.79 Å². The van der Waals surface area contributed by atoms with Gasteiger partial charge in [0.2, 0.25) is 0 Å². The maximum Gasteiger partial charge on any atom is 0.188 e. The van der Waals surface area contributed by atoms with Gasteiger partial charge in [0.15, 0.2) is 5.78 Å². The van der Waals surface area contributed by atoms with Crippen LogP contribution in [0.4, 0.5) is 0 Å². The normalized spacial score (nSPS) is 10.6. The van der Waals surface area contributed by atoms with E-state index < -0.39 is 0 Å². The van der Waals surface area contributed by atoms with Crippen molar-refractivity contribution in [3.8, 4) is 0 Å². The van der Waals surface area contributed by atoms with Crippen LogP contribution in [0.5, 0.6) is 0 Å². The first-order valence-corrected chi connectivity index (χ1v) is 5.08. The average Bonchev–Trinajstić information content (AvgIpc) is 2.86. The van der Waals surface area contributed by atoms with Gasteiger partial charge in [-0.25, -0.2) is 14.6 Å². The molecule has 0 atom stereocenters. The Hall–Kier alpha value is -1.98. The van der Waals surface area contributed by atoms with E-state index in [-0.39, 0.29) is 12.2 Å². The quantitative estimate of drug-likeness (QED) is 0.700. The van der Waals surface area contributed by atoms with Crippen molar-refractivity contribution in [3.63, 3.8) is 0 Å². The van der Waals surface area contributed by atoms with Crippen LogP contribution < -0.4 is 0 Å². The summed E-state index contributed by atoms with van der Waals surface area (Å²) in [6.45, 7) is 2.68. The van der Waals surface area contributed by atoms with Gasteiger partial charge in [0, 0.05) is 13.6 Å². The van der Waals surface area contributed by atoms with Crippen LogP contribution in [0.2, 0.25) is 0 Å². The topological polar surface area (TPSA) is 65.6 Å². The van der Waals surface area contributed by atoms with Crippen LogP contribution in [0.25, 0.3) is 0 Å². The van der Waals surface area contributed by atoms with E-state index in [0.717, 1.165) is 0 Å². The summed E-state index contributed by atoms with van der Waals surface area (Å²) in [4.78, 5) is 19.9. The lowest BCUT2D eigenvalue weighted by Gasteiger charge is -2.02. The number of Topliss-reactive ketones (excluding diaryl/α,β-unsaturated/α-hetero) is 1. The van der Waals surface area contributed by atoms with Crippen LogP contribution in [0.15, 0.2) is 18.9 Å². The Bertz CT molecular complexity index is 499. The smallest absolute Gasteiger partial charge is 0.188 e. The second kappa shape index (κ2) is 4.26. The molecule has 0 spiro atoms. The molecule has 2 aromatic rings. The Morgan fingerprint density at radius 3 is 2.94 bits per heavy atom. The summed E-state index contributed by atoms with van der Waals surface area (Å²) in [6, 6.07) is 0. The van der Waals surface area contributed by atoms with Gasteiger partial charge in [-0.2, -0.15) is 5.10 Å². The Morgan fingerprint density at radius 1 is 1.50 bits per heavy atom. The number of carbonyl (C=O) groups is 1. The molecule has 16 heavy (non-hydrogen) atoms. The molecule has 6 heteroatoms. The molecule has 0 unspecified atom stereocenters. The molecule has 0 radical (unpaired) electrons. The third-order valence-corrected chi connectivity index (χ3v) is 2.42. The number of rotatable bonds is 4. The first kappa shape index (κ1) is 10.5. The number of carbonyl (C=O) groups excluding carboxylic acids is 1. The van der Waals surface area contributed by atoms with Crippen LogP contribution in [0.1, 0.15) is 23.2 Å². The van der Waals surface area contributed by atoms with Gasteiger partial charge in [0.1, 0.15) is 17.8 Å². The van der Waals surface area contributed by atoms with E-state index in [4.69, 9.17) is 0 Å². The summed E-state index contributed by atoms with van der Waals surface area (Å²) in [7, 11) is 1.80. The van der Waals surface area contributed by atoms with Crippen molar-refractivity contribution in [1.29, 1.82) is 0 Å². The lowest BCUT2D eigenvalue weighted by molar-refractivity contribution is 0.0981. The molecule has 0 N–H and O–H groups in total. The van der Waals surface area contributed by atoms with Crippen LogP contribution in [-0.2, 0) is 20.0 Å². The molecule has 2 rings (SSSR count). The molecule has 2 aromatic heterocycles. The van der Waals surface area contributed by atoms with Crippen molar-refractivity contribution >= 4 is 5.78 Å². The Labute approximate surface area is 92.9 Å². The van der Waals surface area contributed by atoms with E-state index in [1.165, 1.54) is 6.33 Å². The SMILES string of the molecule is CCn1ncnc1CC(=O)c1cncn1C. The zero-order valence-electron chi connectivity index (χ0n) is 9.29. The highest BCUT2D eigenvalue weighted by atomic mass is 16.1. The summed E-state index contributed by atoms with van der Waals surface area (Å²) < 4.78 is 3.42. The summed E-state index contributed by atoms with van der Waals surface area (Å²) in [5.74, 6) is 0.691. The molecule has 0 aromatic carbocycles. The first-order chi connectivity index (χ1) is 7.72.